The first-order chi connectivity index (χ1) is 9.89. The van der Waals surface area contributed by atoms with Crippen LogP contribution >= 0.6 is 0 Å². The van der Waals surface area contributed by atoms with Crippen LogP contribution in [-0.4, -0.2) is 37.4 Å². The van der Waals surface area contributed by atoms with Gasteiger partial charge >= 0.3 is 5.97 Å². The molecule has 5 nitrogen and oxygen atoms in total. The van der Waals surface area contributed by atoms with Gasteiger partial charge in [0, 0.05) is 20.0 Å². The van der Waals surface area contributed by atoms with Gasteiger partial charge in [0.2, 0.25) is 10.0 Å². The van der Waals surface area contributed by atoms with E-state index >= 15 is 0 Å². The van der Waals surface area contributed by atoms with Gasteiger partial charge in [-0.25, -0.2) is 12.7 Å². The van der Waals surface area contributed by atoms with Crippen LogP contribution in [0.25, 0.3) is 0 Å². The third-order valence-electron chi connectivity index (χ3n) is 4.00. The van der Waals surface area contributed by atoms with Crippen LogP contribution in [0.5, 0.6) is 0 Å². The predicted octanol–water partition coefficient (Wildman–Crippen LogP) is 2.12. The summed E-state index contributed by atoms with van der Waals surface area (Å²) in [5.41, 5.74) is 0.831. The Bertz CT molecular complexity index is 591. The molecule has 116 valence electrons. The summed E-state index contributed by atoms with van der Waals surface area (Å²) in [4.78, 5) is 10.8. The summed E-state index contributed by atoms with van der Waals surface area (Å²) in [6.07, 6.45) is 3.86. The molecule has 0 amide bonds. The van der Waals surface area contributed by atoms with Crippen LogP contribution in [0.4, 0.5) is 0 Å². The lowest BCUT2D eigenvalue weighted by atomic mass is 9.86. The van der Waals surface area contributed by atoms with Gasteiger partial charge in [0.05, 0.1) is 4.90 Å². The zero-order valence-electron chi connectivity index (χ0n) is 12.2. The van der Waals surface area contributed by atoms with Gasteiger partial charge in [-0.1, -0.05) is 18.6 Å². The Morgan fingerprint density at radius 3 is 2.38 bits per heavy atom. The first-order valence-electron chi connectivity index (χ1n) is 7.16. The summed E-state index contributed by atoms with van der Waals surface area (Å²) in [6, 6.07) is 6.49. The van der Waals surface area contributed by atoms with Crippen LogP contribution in [0.2, 0.25) is 0 Å². The molecule has 0 spiro atoms. The summed E-state index contributed by atoms with van der Waals surface area (Å²) >= 11 is 0. The molecule has 1 N–H and O–H groups in total. The number of aryl methyl sites for hydroxylation is 1. The number of nitrogens with zero attached hydrogens (tertiary/aromatic N) is 1. The van der Waals surface area contributed by atoms with E-state index in [9.17, 15) is 13.2 Å². The van der Waals surface area contributed by atoms with Crippen LogP contribution in [0, 0.1) is 5.92 Å². The monoisotopic (exact) mass is 311 g/mol. The number of sulfonamides is 1. The molecule has 1 aromatic rings. The van der Waals surface area contributed by atoms with Crippen molar-refractivity contribution in [2.45, 2.75) is 37.0 Å². The molecule has 0 unspecified atom stereocenters. The smallest absolute Gasteiger partial charge is 0.303 e. The Hall–Kier alpha value is -1.40. The minimum absolute atomic E-state index is 0.0493. The van der Waals surface area contributed by atoms with Crippen LogP contribution in [0.3, 0.4) is 0 Å². The van der Waals surface area contributed by atoms with Gasteiger partial charge in [-0.2, -0.15) is 0 Å². The summed E-state index contributed by atoms with van der Waals surface area (Å²) in [5.74, 6) is -0.369. The molecule has 0 aliphatic heterocycles. The zero-order valence-corrected chi connectivity index (χ0v) is 13.0. The highest BCUT2D eigenvalue weighted by atomic mass is 32.2. The van der Waals surface area contributed by atoms with Gasteiger partial charge < -0.3 is 5.11 Å². The van der Waals surface area contributed by atoms with Crippen molar-refractivity contribution in [3.05, 3.63) is 29.8 Å². The first kappa shape index (κ1) is 16.0. The van der Waals surface area contributed by atoms with Crippen molar-refractivity contribution in [3.8, 4) is 0 Å². The average molecular weight is 311 g/mol. The van der Waals surface area contributed by atoms with E-state index in [1.54, 1.807) is 31.3 Å². The lowest BCUT2D eigenvalue weighted by Gasteiger charge is -2.29. The Balaban J connectivity index is 2.03. The Morgan fingerprint density at radius 2 is 1.90 bits per heavy atom. The highest BCUT2D eigenvalue weighted by Crippen LogP contribution is 2.28. The minimum atomic E-state index is -3.44. The first-order valence-corrected chi connectivity index (χ1v) is 8.60. The largest absolute Gasteiger partial charge is 0.481 e. The van der Waals surface area contributed by atoms with Gasteiger partial charge in [0.25, 0.3) is 0 Å². The maximum atomic E-state index is 12.4. The van der Waals surface area contributed by atoms with Crippen molar-refractivity contribution >= 4 is 16.0 Å². The standard InChI is InChI=1S/C15H21NO4S/c1-16(11-13-3-2-4-13)21(19,20)14-8-5-12(6-9-14)7-10-15(17)18/h5-6,8-9,13H,2-4,7,10-11H2,1H3,(H,17,18). The number of carboxylic acid groups (broad SMARTS) is 1. The average Bonchev–Trinajstić information content (AvgIpc) is 2.40. The van der Waals surface area contributed by atoms with Gasteiger partial charge in [0.15, 0.2) is 0 Å². The maximum Gasteiger partial charge on any atom is 0.303 e. The van der Waals surface area contributed by atoms with Crippen molar-refractivity contribution in [3.63, 3.8) is 0 Å². The van der Waals surface area contributed by atoms with E-state index in [-0.39, 0.29) is 11.3 Å². The number of hydrogen-bond acceptors (Lipinski definition) is 3. The van der Waals surface area contributed by atoms with Gasteiger partial charge in [0.1, 0.15) is 0 Å². The molecule has 0 heterocycles. The molecule has 0 radical (unpaired) electrons. The van der Waals surface area contributed by atoms with Crippen molar-refractivity contribution < 1.29 is 18.3 Å². The van der Waals surface area contributed by atoms with Gasteiger partial charge in [-0.15, -0.1) is 0 Å². The summed E-state index contributed by atoms with van der Waals surface area (Å²) in [6.45, 7) is 0.573. The maximum absolute atomic E-state index is 12.4. The van der Waals surface area contributed by atoms with Gasteiger partial charge in [-0.05, 0) is 42.9 Å². The summed E-state index contributed by atoms with van der Waals surface area (Å²) < 4.78 is 26.3. The van der Waals surface area contributed by atoms with Crippen molar-refractivity contribution in [1.82, 2.24) is 4.31 Å². The van der Waals surface area contributed by atoms with Crippen LogP contribution in [0.15, 0.2) is 29.2 Å². The van der Waals surface area contributed by atoms with E-state index in [0.717, 1.165) is 18.4 Å². The SMILES string of the molecule is CN(CC1CCC1)S(=O)(=O)c1ccc(CCC(=O)O)cc1. The third kappa shape index (κ3) is 4.04. The zero-order chi connectivity index (χ0) is 15.5. The molecule has 1 fully saturated rings. The number of hydrogen-bond donors (Lipinski definition) is 1. The fourth-order valence-corrected chi connectivity index (χ4v) is 3.64. The van der Waals surface area contributed by atoms with Crippen molar-refractivity contribution in [2.24, 2.45) is 5.92 Å². The van der Waals surface area contributed by atoms with E-state index in [4.69, 9.17) is 5.11 Å². The van der Waals surface area contributed by atoms with E-state index in [1.807, 2.05) is 0 Å². The lowest BCUT2D eigenvalue weighted by Crippen LogP contribution is -2.34. The number of rotatable bonds is 7. The van der Waals surface area contributed by atoms with E-state index in [0.29, 0.717) is 18.9 Å². The minimum Gasteiger partial charge on any atom is -0.481 e. The Morgan fingerprint density at radius 1 is 1.29 bits per heavy atom. The predicted molar refractivity (Wildman–Crippen MR) is 79.6 cm³/mol. The second kappa shape index (κ2) is 6.58. The van der Waals surface area contributed by atoms with Crippen molar-refractivity contribution in [1.29, 1.82) is 0 Å². The molecule has 0 aromatic heterocycles. The highest BCUT2D eigenvalue weighted by molar-refractivity contribution is 7.89. The Kier molecular flexibility index (Phi) is 5.00. The fraction of sp³-hybridized carbons (Fsp3) is 0.533. The summed E-state index contributed by atoms with van der Waals surface area (Å²) in [7, 11) is -1.82. The van der Waals surface area contributed by atoms with Gasteiger partial charge in [-0.3, -0.25) is 4.79 Å². The van der Waals surface area contributed by atoms with Crippen LogP contribution in [0.1, 0.15) is 31.2 Å². The van der Waals surface area contributed by atoms with E-state index < -0.39 is 16.0 Å². The second-order valence-corrected chi connectivity index (χ2v) is 7.67. The quantitative estimate of drug-likeness (QED) is 0.837. The molecule has 1 aromatic carbocycles. The van der Waals surface area contributed by atoms with Crippen molar-refractivity contribution in [2.75, 3.05) is 13.6 Å². The topological polar surface area (TPSA) is 74.7 Å². The molecule has 0 saturated heterocycles. The van der Waals surface area contributed by atoms with E-state index in [2.05, 4.69) is 0 Å². The number of carboxylic acids is 1. The third-order valence-corrected chi connectivity index (χ3v) is 5.84. The molecular formula is C15H21NO4S. The fourth-order valence-electron chi connectivity index (χ4n) is 2.40. The number of benzene rings is 1. The Labute approximate surface area is 125 Å². The molecule has 1 aliphatic carbocycles. The molecule has 2 rings (SSSR count). The number of carbonyl (C=O) groups is 1. The molecular weight excluding hydrogens is 290 g/mol. The second-order valence-electron chi connectivity index (χ2n) is 5.62. The molecule has 6 heteroatoms. The lowest BCUT2D eigenvalue weighted by molar-refractivity contribution is -0.136. The van der Waals surface area contributed by atoms with Crippen LogP contribution < -0.4 is 0 Å². The highest BCUT2D eigenvalue weighted by Gasteiger charge is 2.26. The molecule has 1 saturated carbocycles. The normalized spacial score (nSPS) is 15.9. The molecule has 0 bridgehead atoms. The number of aliphatic carboxylic acids is 1. The summed E-state index contributed by atoms with van der Waals surface area (Å²) in [5, 5.41) is 8.64. The van der Waals surface area contributed by atoms with E-state index in [1.165, 1.54) is 10.7 Å². The van der Waals surface area contributed by atoms with Crippen LogP contribution in [-0.2, 0) is 21.2 Å². The molecule has 21 heavy (non-hydrogen) atoms. The molecule has 0 atom stereocenters. The molecule has 1 aliphatic rings.